The van der Waals surface area contributed by atoms with Crippen LogP contribution < -0.4 is 9.47 Å². The van der Waals surface area contributed by atoms with Crippen molar-refractivity contribution in [3.8, 4) is 11.5 Å². The van der Waals surface area contributed by atoms with E-state index in [2.05, 4.69) is 0 Å². The Morgan fingerprint density at radius 3 is 2.29 bits per heavy atom. The van der Waals surface area contributed by atoms with Crippen LogP contribution in [0.1, 0.15) is 59.4 Å². The van der Waals surface area contributed by atoms with Gasteiger partial charge >= 0.3 is 11.9 Å². The summed E-state index contributed by atoms with van der Waals surface area (Å²) in [7, 11) is 0. The van der Waals surface area contributed by atoms with Gasteiger partial charge in [0.1, 0.15) is 0 Å². The number of ether oxygens (including phenoxy) is 4. The lowest BCUT2D eigenvalue weighted by molar-refractivity contribution is -0.145. The van der Waals surface area contributed by atoms with Crippen molar-refractivity contribution in [1.82, 2.24) is 0 Å². The molecule has 3 rings (SSSR count). The first-order valence-electron chi connectivity index (χ1n) is 10.5. The Hall–Kier alpha value is -3.35. The zero-order valence-corrected chi connectivity index (χ0v) is 17.7. The molecule has 1 fully saturated rings. The third-order valence-electron chi connectivity index (χ3n) is 4.66. The Morgan fingerprint density at radius 1 is 0.968 bits per heavy atom. The van der Waals surface area contributed by atoms with Crippen molar-refractivity contribution in [3.63, 3.8) is 0 Å². The smallest absolute Gasteiger partial charge is 0.347 e. The van der Waals surface area contributed by atoms with Gasteiger partial charge in [0.2, 0.25) is 6.10 Å². The van der Waals surface area contributed by atoms with E-state index in [1.54, 1.807) is 36.4 Å². The molecule has 0 spiro atoms. The summed E-state index contributed by atoms with van der Waals surface area (Å²) < 4.78 is 21.6. The molecule has 31 heavy (non-hydrogen) atoms. The highest BCUT2D eigenvalue weighted by molar-refractivity contribution is 6.14. The molecule has 2 aromatic carbocycles. The largest absolute Gasteiger partial charge is 0.490 e. The topological polar surface area (TPSA) is 88.1 Å². The molecule has 1 saturated heterocycles. The first kappa shape index (κ1) is 22.3. The number of benzene rings is 2. The second-order valence-corrected chi connectivity index (χ2v) is 7.08. The molecule has 7 nitrogen and oxygen atoms in total. The van der Waals surface area contributed by atoms with Crippen LogP contribution in [0.2, 0.25) is 0 Å². The fraction of sp³-hybridized carbons (Fsp3) is 0.375. The highest BCUT2D eigenvalue weighted by atomic mass is 16.6. The fourth-order valence-corrected chi connectivity index (χ4v) is 3.10. The third kappa shape index (κ3) is 5.42. The molecule has 0 aromatic heterocycles. The summed E-state index contributed by atoms with van der Waals surface area (Å²) in [6.07, 6.45) is 1.01. The molecule has 2 aromatic rings. The van der Waals surface area contributed by atoms with Crippen molar-refractivity contribution in [2.45, 2.75) is 39.2 Å². The fourth-order valence-electron chi connectivity index (χ4n) is 3.10. The van der Waals surface area contributed by atoms with Crippen LogP contribution in [0.4, 0.5) is 0 Å². The summed E-state index contributed by atoms with van der Waals surface area (Å²) in [6.45, 7) is 5.23. The van der Waals surface area contributed by atoms with Crippen molar-refractivity contribution in [2.75, 3.05) is 19.8 Å². The van der Waals surface area contributed by atoms with Crippen molar-refractivity contribution >= 4 is 17.7 Å². The van der Waals surface area contributed by atoms with E-state index in [-0.39, 0.29) is 23.5 Å². The Labute approximate surface area is 181 Å². The zero-order valence-electron chi connectivity index (χ0n) is 17.7. The summed E-state index contributed by atoms with van der Waals surface area (Å²) in [4.78, 5) is 37.5. The van der Waals surface area contributed by atoms with E-state index in [9.17, 15) is 14.4 Å². The second kappa shape index (κ2) is 10.6. The van der Waals surface area contributed by atoms with E-state index in [1.165, 1.54) is 6.07 Å². The van der Waals surface area contributed by atoms with Gasteiger partial charge in [0, 0.05) is 17.5 Å². The normalized spacial score (nSPS) is 15.3. The van der Waals surface area contributed by atoms with Crippen LogP contribution in [0, 0.1) is 0 Å². The molecule has 1 heterocycles. The van der Waals surface area contributed by atoms with Crippen molar-refractivity contribution in [1.29, 1.82) is 0 Å². The number of hydrogen-bond acceptors (Lipinski definition) is 7. The number of esters is 2. The maximum absolute atomic E-state index is 13.2. The number of rotatable bonds is 10. The Balaban J connectivity index is 1.87. The summed E-state index contributed by atoms with van der Waals surface area (Å²) >= 11 is 0. The maximum Gasteiger partial charge on any atom is 0.347 e. The highest BCUT2D eigenvalue weighted by Crippen LogP contribution is 2.30. The molecule has 1 atom stereocenters. The van der Waals surface area contributed by atoms with Gasteiger partial charge in [-0.3, -0.25) is 4.79 Å². The van der Waals surface area contributed by atoms with Gasteiger partial charge in [-0.05, 0) is 37.1 Å². The first-order chi connectivity index (χ1) is 15.0. The summed E-state index contributed by atoms with van der Waals surface area (Å²) in [5.41, 5.74) is 0.632. The molecule has 1 aliphatic heterocycles. The summed E-state index contributed by atoms with van der Waals surface area (Å²) in [5, 5.41) is 0. The second-order valence-electron chi connectivity index (χ2n) is 7.08. The van der Waals surface area contributed by atoms with Crippen LogP contribution >= 0.6 is 0 Å². The lowest BCUT2D eigenvalue weighted by Crippen LogP contribution is -2.24. The van der Waals surface area contributed by atoms with Gasteiger partial charge in [-0.25, -0.2) is 9.59 Å². The SMILES string of the molecule is CCCOc1ccc(C(=O)c2ccccc2C(=O)O[C@H]2CCOC2=O)cc1OCCC. The first-order valence-corrected chi connectivity index (χ1v) is 10.5. The van der Waals surface area contributed by atoms with Crippen LogP contribution in [-0.4, -0.2) is 43.6 Å². The van der Waals surface area contributed by atoms with Crippen molar-refractivity contribution < 1.29 is 33.3 Å². The molecule has 0 unspecified atom stereocenters. The van der Waals surface area contributed by atoms with Crippen molar-refractivity contribution in [2.24, 2.45) is 0 Å². The molecule has 0 bridgehead atoms. The zero-order chi connectivity index (χ0) is 22.2. The standard InChI is InChI=1S/C24H26O7/c1-3-12-28-19-10-9-16(15-21(19)29-13-4-2)22(25)17-7-5-6-8-18(17)23(26)31-20-11-14-30-24(20)27/h5-10,15,20H,3-4,11-14H2,1-2H3/t20-/m0/s1. The Bertz CT molecular complexity index is 951. The van der Waals surface area contributed by atoms with Crippen LogP contribution in [-0.2, 0) is 14.3 Å². The van der Waals surface area contributed by atoms with Crippen LogP contribution in [0.3, 0.4) is 0 Å². The van der Waals surface area contributed by atoms with Gasteiger partial charge in [0.15, 0.2) is 17.3 Å². The predicted molar refractivity (Wildman–Crippen MR) is 113 cm³/mol. The van der Waals surface area contributed by atoms with Crippen LogP contribution in [0.15, 0.2) is 42.5 Å². The lowest BCUT2D eigenvalue weighted by atomic mass is 9.98. The van der Waals surface area contributed by atoms with E-state index in [4.69, 9.17) is 18.9 Å². The molecule has 0 amide bonds. The molecule has 0 aliphatic carbocycles. The molecule has 0 saturated carbocycles. The Morgan fingerprint density at radius 2 is 1.65 bits per heavy atom. The van der Waals surface area contributed by atoms with Gasteiger partial charge in [0.25, 0.3) is 0 Å². The van der Waals surface area contributed by atoms with E-state index in [0.717, 1.165) is 12.8 Å². The maximum atomic E-state index is 13.2. The number of cyclic esters (lactones) is 1. The molecular weight excluding hydrogens is 400 g/mol. The number of hydrogen-bond donors (Lipinski definition) is 0. The quantitative estimate of drug-likeness (QED) is 0.420. The average Bonchev–Trinajstić information content (AvgIpc) is 3.20. The van der Waals surface area contributed by atoms with E-state index < -0.39 is 18.0 Å². The molecule has 7 heteroatoms. The van der Waals surface area contributed by atoms with Gasteiger partial charge in [-0.1, -0.05) is 32.0 Å². The molecule has 0 radical (unpaired) electrons. The van der Waals surface area contributed by atoms with E-state index in [0.29, 0.717) is 36.7 Å². The van der Waals surface area contributed by atoms with E-state index >= 15 is 0 Å². The molecule has 0 N–H and O–H groups in total. The van der Waals surface area contributed by atoms with E-state index in [1.807, 2.05) is 13.8 Å². The predicted octanol–water partition coefficient (Wildman–Crippen LogP) is 3.97. The minimum Gasteiger partial charge on any atom is -0.490 e. The van der Waals surface area contributed by atoms with Gasteiger partial charge in [-0.2, -0.15) is 0 Å². The van der Waals surface area contributed by atoms with Crippen LogP contribution in [0.25, 0.3) is 0 Å². The van der Waals surface area contributed by atoms with Gasteiger partial charge in [-0.15, -0.1) is 0 Å². The van der Waals surface area contributed by atoms with Gasteiger partial charge in [0.05, 0.1) is 25.4 Å². The third-order valence-corrected chi connectivity index (χ3v) is 4.66. The molecule has 1 aliphatic rings. The average molecular weight is 426 g/mol. The lowest BCUT2D eigenvalue weighted by Gasteiger charge is -2.14. The number of carbonyl (C=O) groups is 3. The Kier molecular flexibility index (Phi) is 7.65. The summed E-state index contributed by atoms with van der Waals surface area (Å²) in [6, 6.07) is 11.3. The highest BCUT2D eigenvalue weighted by Gasteiger charge is 2.31. The molecular formula is C24H26O7. The number of ketones is 1. The number of carbonyl (C=O) groups excluding carboxylic acids is 3. The van der Waals surface area contributed by atoms with Gasteiger partial charge < -0.3 is 18.9 Å². The van der Waals surface area contributed by atoms with Crippen molar-refractivity contribution in [3.05, 3.63) is 59.2 Å². The molecule has 164 valence electrons. The monoisotopic (exact) mass is 426 g/mol. The minimum atomic E-state index is -0.945. The van der Waals surface area contributed by atoms with Crippen LogP contribution in [0.5, 0.6) is 11.5 Å². The summed E-state index contributed by atoms with van der Waals surface area (Å²) in [5.74, 6) is -0.616. The minimum absolute atomic E-state index is 0.0922.